The highest BCUT2D eigenvalue weighted by Crippen LogP contribution is 2.31. The molecule has 1 heterocycles. The Morgan fingerprint density at radius 3 is 2.43 bits per heavy atom. The van der Waals surface area contributed by atoms with E-state index in [9.17, 15) is 4.79 Å². The first-order chi connectivity index (χ1) is 13.6. The van der Waals surface area contributed by atoms with Gasteiger partial charge in [-0.2, -0.15) is 5.10 Å². The van der Waals surface area contributed by atoms with Gasteiger partial charge in [-0.25, -0.2) is 0 Å². The number of carbonyl (C=O) groups excluding carboxylic acids is 1. The number of fused-ring (bicyclic) bond motifs is 1. The minimum atomic E-state index is -0.454. The van der Waals surface area contributed by atoms with E-state index in [0.717, 1.165) is 27.7 Å². The average molecular weight is 390 g/mol. The van der Waals surface area contributed by atoms with Gasteiger partial charge in [0.1, 0.15) is 11.7 Å². The first kappa shape index (κ1) is 18.3. The lowest BCUT2D eigenvalue weighted by Gasteiger charge is -2.14. The Morgan fingerprint density at radius 1 is 1.04 bits per heavy atom. The zero-order valence-electron chi connectivity index (χ0n) is 15.5. The molecular formula is C23H20ClN3O. The summed E-state index contributed by atoms with van der Waals surface area (Å²) >= 11 is 6.23. The Labute approximate surface area is 168 Å². The van der Waals surface area contributed by atoms with Crippen LogP contribution in [-0.2, 0) is 11.3 Å². The lowest BCUT2D eigenvalue weighted by atomic mass is 10.1. The van der Waals surface area contributed by atoms with E-state index in [4.69, 9.17) is 16.7 Å². The van der Waals surface area contributed by atoms with Crippen LogP contribution < -0.4 is 5.32 Å². The third-order valence-electron chi connectivity index (χ3n) is 4.77. The molecular weight excluding hydrogens is 370 g/mol. The maximum atomic E-state index is 12.8. The summed E-state index contributed by atoms with van der Waals surface area (Å²) in [5.41, 5.74) is 3.75. The molecule has 1 unspecified atom stereocenters. The van der Waals surface area contributed by atoms with Gasteiger partial charge >= 0.3 is 0 Å². The molecule has 1 aromatic heterocycles. The molecule has 5 heteroatoms. The molecule has 28 heavy (non-hydrogen) atoms. The highest BCUT2D eigenvalue weighted by molar-refractivity contribution is 6.31. The number of aromatic nitrogens is 2. The van der Waals surface area contributed by atoms with Crippen LogP contribution >= 0.6 is 11.6 Å². The second-order valence-electron chi connectivity index (χ2n) is 6.70. The van der Waals surface area contributed by atoms with E-state index in [1.807, 2.05) is 85.8 Å². The van der Waals surface area contributed by atoms with Gasteiger partial charge in [0.25, 0.3) is 0 Å². The van der Waals surface area contributed by atoms with Crippen molar-refractivity contribution in [2.24, 2.45) is 0 Å². The maximum Gasteiger partial charge on any atom is 0.244 e. The van der Waals surface area contributed by atoms with Crippen LogP contribution in [0.2, 0.25) is 5.02 Å². The first-order valence-corrected chi connectivity index (χ1v) is 9.56. The zero-order chi connectivity index (χ0) is 19.5. The van der Waals surface area contributed by atoms with Crippen molar-refractivity contribution in [1.29, 1.82) is 0 Å². The summed E-state index contributed by atoms with van der Waals surface area (Å²) in [5, 5.41) is 9.35. The molecule has 4 aromatic rings. The summed E-state index contributed by atoms with van der Waals surface area (Å²) < 4.78 is 1.77. The van der Waals surface area contributed by atoms with Crippen LogP contribution in [0.25, 0.3) is 22.2 Å². The molecule has 0 saturated heterocycles. The fourth-order valence-corrected chi connectivity index (χ4v) is 3.43. The standard InChI is InChI=1S/C23H20ClN3O/c1-16(23(28)25-15-17-8-4-2-5-9-17)27-21-13-12-19(24)14-20(21)22(26-27)18-10-6-3-7-11-18/h2-14,16H,15H2,1H3,(H,25,28). The molecule has 1 N–H and O–H groups in total. The first-order valence-electron chi connectivity index (χ1n) is 9.18. The number of halogens is 1. The Hall–Kier alpha value is -3.11. The van der Waals surface area contributed by atoms with Crippen molar-refractivity contribution >= 4 is 28.4 Å². The molecule has 0 aliphatic rings. The minimum absolute atomic E-state index is 0.0807. The summed E-state index contributed by atoms with van der Waals surface area (Å²) in [7, 11) is 0. The van der Waals surface area contributed by atoms with Gasteiger partial charge in [0.15, 0.2) is 0 Å². The van der Waals surface area contributed by atoms with Crippen LogP contribution in [-0.4, -0.2) is 15.7 Å². The number of rotatable bonds is 5. The van der Waals surface area contributed by atoms with Crippen molar-refractivity contribution in [3.63, 3.8) is 0 Å². The molecule has 1 amide bonds. The van der Waals surface area contributed by atoms with Crippen LogP contribution in [0.15, 0.2) is 78.9 Å². The van der Waals surface area contributed by atoms with Gasteiger partial charge in [0.2, 0.25) is 5.91 Å². The highest BCUT2D eigenvalue weighted by Gasteiger charge is 2.21. The largest absolute Gasteiger partial charge is 0.350 e. The lowest BCUT2D eigenvalue weighted by Crippen LogP contribution is -2.31. The molecule has 0 radical (unpaired) electrons. The Morgan fingerprint density at radius 2 is 1.71 bits per heavy atom. The fourth-order valence-electron chi connectivity index (χ4n) is 3.26. The molecule has 0 fully saturated rings. The zero-order valence-corrected chi connectivity index (χ0v) is 16.2. The van der Waals surface area contributed by atoms with Crippen LogP contribution in [0.4, 0.5) is 0 Å². The molecule has 0 saturated carbocycles. The van der Waals surface area contributed by atoms with Crippen molar-refractivity contribution in [2.45, 2.75) is 19.5 Å². The van der Waals surface area contributed by atoms with Crippen molar-refractivity contribution in [3.05, 3.63) is 89.4 Å². The van der Waals surface area contributed by atoms with Crippen molar-refractivity contribution in [3.8, 4) is 11.3 Å². The number of benzene rings is 3. The Balaban J connectivity index is 1.67. The molecule has 0 aliphatic heterocycles. The number of amides is 1. The van der Waals surface area contributed by atoms with Gasteiger partial charge in [0, 0.05) is 22.5 Å². The van der Waals surface area contributed by atoms with Gasteiger partial charge in [-0.1, -0.05) is 72.3 Å². The number of hydrogen-bond acceptors (Lipinski definition) is 2. The number of carbonyl (C=O) groups is 1. The maximum absolute atomic E-state index is 12.8. The number of hydrogen-bond donors (Lipinski definition) is 1. The van der Waals surface area contributed by atoms with Crippen molar-refractivity contribution < 1.29 is 4.79 Å². The number of nitrogens with zero attached hydrogens (tertiary/aromatic N) is 2. The van der Waals surface area contributed by atoms with E-state index >= 15 is 0 Å². The van der Waals surface area contributed by atoms with Crippen LogP contribution in [0, 0.1) is 0 Å². The third-order valence-corrected chi connectivity index (χ3v) is 5.01. The Bertz CT molecular complexity index is 1110. The van der Waals surface area contributed by atoms with Gasteiger partial charge in [0.05, 0.1) is 5.52 Å². The molecule has 4 rings (SSSR count). The monoisotopic (exact) mass is 389 g/mol. The van der Waals surface area contributed by atoms with Crippen LogP contribution in [0.5, 0.6) is 0 Å². The van der Waals surface area contributed by atoms with E-state index in [1.165, 1.54) is 0 Å². The second kappa shape index (κ2) is 7.87. The topological polar surface area (TPSA) is 46.9 Å². The summed E-state index contributed by atoms with van der Waals surface area (Å²) in [5.74, 6) is -0.0807. The smallest absolute Gasteiger partial charge is 0.244 e. The van der Waals surface area contributed by atoms with Gasteiger partial charge < -0.3 is 5.32 Å². The van der Waals surface area contributed by atoms with Gasteiger partial charge in [-0.3, -0.25) is 9.48 Å². The van der Waals surface area contributed by atoms with E-state index in [0.29, 0.717) is 11.6 Å². The van der Waals surface area contributed by atoms with Crippen LogP contribution in [0.3, 0.4) is 0 Å². The highest BCUT2D eigenvalue weighted by atomic mass is 35.5. The second-order valence-corrected chi connectivity index (χ2v) is 7.14. The SMILES string of the molecule is CC(C(=O)NCc1ccccc1)n1nc(-c2ccccc2)c2cc(Cl)ccc21. The fraction of sp³-hybridized carbons (Fsp3) is 0.130. The van der Waals surface area contributed by atoms with E-state index in [1.54, 1.807) is 4.68 Å². The van der Waals surface area contributed by atoms with Crippen molar-refractivity contribution in [1.82, 2.24) is 15.1 Å². The van der Waals surface area contributed by atoms with E-state index in [2.05, 4.69) is 5.32 Å². The normalized spacial score (nSPS) is 12.1. The van der Waals surface area contributed by atoms with Gasteiger partial charge in [-0.15, -0.1) is 0 Å². The third kappa shape index (κ3) is 3.64. The quantitative estimate of drug-likeness (QED) is 0.507. The number of nitrogens with one attached hydrogen (secondary N) is 1. The van der Waals surface area contributed by atoms with Gasteiger partial charge in [-0.05, 0) is 30.7 Å². The molecule has 3 aromatic carbocycles. The summed E-state index contributed by atoms with van der Waals surface area (Å²) in [6.07, 6.45) is 0. The average Bonchev–Trinajstić information content (AvgIpc) is 3.11. The predicted octanol–water partition coefficient (Wildman–Crippen LogP) is 5.23. The molecule has 140 valence electrons. The summed E-state index contributed by atoms with van der Waals surface area (Å²) in [6, 6.07) is 25.0. The van der Waals surface area contributed by atoms with E-state index < -0.39 is 6.04 Å². The molecule has 0 spiro atoms. The molecule has 0 bridgehead atoms. The lowest BCUT2D eigenvalue weighted by molar-refractivity contribution is -0.124. The summed E-state index contributed by atoms with van der Waals surface area (Å²) in [4.78, 5) is 12.8. The van der Waals surface area contributed by atoms with Crippen molar-refractivity contribution in [2.75, 3.05) is 0 Å². The molecule has 0 aliphatic carbocycles. The Kier molecular flexibility index (Phi) is 5.13. The van der Waals surface area contributed by atoms with Crippen LogP contribution in [0.1, 0.15) is 18.5 Å². The minimum Gasteiger partial charge on any atom is -0.350 e. The molecule has 4 nitrogen and oxygen atoms in total. The molecule has 1 atom stereocenters. The van der Waals surface area contributed by atoms with E-state index in [-0.39, 0.29) is 5.91 Å². The predicted molar refractivity (Wildman–Crippen MR) is 113 cm³/mol. The summed E-state index contributed by atoms with van der Waals surface area (Å²) in [6.45, 7) is 2.34.